The van der Waals surface area contributed by atoms with Gasteiger partial charge >= 0.3 is 6.03 Å². The summed E-state index contributed by atoms with van der Waals surface area (Å²) in [5.74, 6) is 2.17. The highest BCUT2D eigenvalue weighted by Gasteiger charge is 2.50. The lowest BCUT2D eigenvalue weighted by Crippen LogP contribution is -2.59. The SMILES string of the molecule is Cc1c(NC(=O)N2CC3CCC2C2CNCC32)noc1-c1ccccc1F. The molecule has 0 spiro atoms. The number of benzene rings is 1. The Labute approximate surface area is 157 Å². The van der Waals surface area contributed by atoms with Gasteiger partial charge in [-0.2, -0.15) is 0 Å². The number of hydrogen-bond acceptors (Lipinski definition) is 4. The number of rotatable bonds is 2. The molecule has 4 fully saturated rings. The van der Waals surface area contributed by atoms with Gasteiger partial charge in [-0.05, 0) is 56.2 Å². The molecule has 2 aromatic rings. The van der Waals surface area contributed by atoms with E-state index in [1.54, 1.807) is 25.1 Å². The lowest BCUT2D eigenvalue weighted by atomic mass is 9.67. The summed E-state index contributed by atoms with van der Waals surface area (Å²) in [6.07, 6.45) is 2.27. The summed E-state index contributed by atoms with van der Waals surface area (Å²) in [6.45, 7) is 4.66. The number of fused-ring (bicyclic) bond motifs is 2. The Morgan fingerprint density at radius 3 is 2.96 bits per heavy atom. The summed E-state index contributed by atoms with van der Waals surface area (Å²) in [6, 6.07) is 6.55. The van der Waals surface area contributed by atoms with Gasteiger partial charge in [0.2, 0.25) is 0 Å². The predicted molar refractivity (Wildman–Crippen MR) is 98.7 cm³/mol. The molecule has 7 heteroatoms. The van der Waals surface area contributed by atoms with Crippen LogP contribution in [0.5, 0.6) is 0 Å². The maximum Gasteiger partial charge on any atom is 0.323 e. The third-order valence-electron chi connectivity index (χ3n) is 6.60. The number of nitrogens with zero attached hydrogens (tertiary/aromatic N) is 2. The maximum absolute atomic E-state index is 14.1. The number of urea groups is 1. The minimum absolute atomic E-state index is 0.133. The standard InChI is InChI=1S/C20H23FN4O2/c1-11-18(13-4-2-3-5-16(13)21)27-24-19(11)23-20(26)25-10-12-6-7-17(25)15-9-22-8-14(12)15/h2-5,12,14-15,17,22H,6-10H2,1H3,(H,23,24,26). The van der Waals surface area contributed by atoms with E-state index in [2.05, 4.69) is 15.8 Å². The Balaban J connectivity index is 1.36. The minimum atomic E-state index is -0.372. The fourth-order valence-electron chi connectivity index (χ4n) is 5.23. The molecule has 1 aromatic heterocycles. The van der Waals surface area contributed by atoms with E-state index in [0.29, 0.717) is 40.5 Å². The van der Waals surface area contributed by atoms with E-state index in [1.165, 1.54) is 12.5 Å². The van der Waals surface area contributed by atoms with Crippen molar-refractivity contribution in [1.29, 1.82) is 0 Å². The number of aromatic nitrogens is 1. The third-order valence-corrected chi connectivity index (χ3v) is 6.60. The molecule has 6 nitrogen and oxygen atoms in total. The van der Waals surface area contributed by atoms with Crippen LogP contribution in [0, 0.1) is 30.5 Å². The molecule has 2 amide bonds. The van der Waals surface area contributed by atoms with E-state index < -0.39 is 0 Å². The highest BCUT2D eigenvalue weighted by molar-refractivity contribution is 5.90. The molecule has 1 saturated carbocycles. The van der Waals surface area contributed by atoms with Gasteiger partial charge in [0.15, 0.2) is 11.6 Å². The number of halogens is 1. The molecule has 4 aliphatic rings. The van der Waals surface area contributed by atoms with Crippen LogP contribution in [0.15, 0.2) is 28.8 Å². The summed E-state index contributed by atoms with van der Waals surface area (Å²) in [7, 11) is 0. The van der Waals surface area contributed by atoms with E-state index in [-0.39, 0.29) is 17.9 Å². The van der Waals surface area contributed by atoms with Crippen LogP contribution in [0.1, 0.15) is 18.4 Å². The van der Waals surface area contributed by atoms with E-state index in [0.717, 1.165) is 26.1 Å². The van der Waals surface area contributed by atoms with E-state index in [1.807, 2.05) is 4.90 Å². The zero-order valence-electron chi connectivity index (χ0n) is 15.2. The van der Waals surface area contributed by atoms with Crippen LogP contribution in [0.2, 0.25) is 0 Å². The first kappa shape index (κ1) is 16.7. The Morgan fingerprint density at radius 2 is 2.11 bits per heavy atom. The molecule has 1 aliphatic carbocycles. The van der Waals surface area contributed by atoms with Crippen LogP contribution in [-0.4, -0.2) is 41.8 Å². The van der Waals surface area contributed by atoms with Crippen molar-refractivity contribution in [2.75, 3.05) is 25.0 Å². The largest absolute Gasteiger partial charge is 0.354 e. The molecule has 3 saturated heterocycles. The van der Waals surface area contributed by atoms with Gasteiger partial charge in [0, 0.05) is 24.7 Å². The molecule has 4 atom stereocenters. The normalized spacial score (nSPS) is 29.0. The van der Waals surface area contributed by atoms with Crippen LogP contribution in [0.25, 0.3) is 11.3 Å². The molecule has 27 heavy (non-hydrogen) atoms. The Bertz CT molecular complexity index is 883. The number of piperidine rings is 2. The van der Waals surface area contributed by atoms with Crippen LogP contribution >= 0.6 is 0 Å². The molecule has 4 heterocycles. The first-order chi connectivity index (χ1) is 13.1. The second-order valence-electron chi connectivity index (χ2n) is 7.94. The van der Waals surface area contributed by atoms with Crippen molar-refractivity contribution in [2.24, 2.45) is 17.8 Å². The van der Waals surface area contributed by atoms with Crippen LogP contribution in [0.4, 0.5) is 15.0 Å². The predicted octanol–water partition coefficient (Wildman–Crippen LogP) is 3.25. The van der Waals surface area contributed by atoms with Crippen molar-refractivity contribution in [3.05, 3.63) is 35.6 Å². The van der Waals surface area contributed by atoms with Gasteiger partial charge in [-0.1, -0.05) is 17.3 Å². The van der Waals surface area contributed by atoms with Gasteiger partial charge in [0.05, 0.1) is 5.56 Å². The fourth-order valence-corrected chi connectivity index (χ4v) is 5.23. The number of hydrogen-bond donors (Lipinski definition) is 2. The maximum atomic E-state index is 14.1. The zero-order chi connectivity index (χ0) is 18.5. The van der Waals surface area contributed by atoms with Crippen LogP contribution in [-0.2, 0) is 0 Å². The third kappa shape index (κ3) is 2.64. The van der Waals surface area contributed by atoms with E-state index in [4.69, 9.17) is 4.52 Å². The summed E-state index contributed by atoms with van der Waals surface area (Å²) in [4.78, 5) is 14.9. The summed E-state index contributed by atoms with van der Waals surface area (Å²) < 4.78 is 19.4. The number of carbonyl (C=O) groups is 1. The summed E-state index contributed by atoms with van der Waals surface area (Å²) in [5.41, 5.74) is 0.982. The molecule has 142 valence electrons. The van der Waals surface area contributed by atoms with E-state index >= 15 is 0 Å². The number of anilines is 1. The van der Waals surface area contributed by atoms with E-state index in [9.17, 15) is 9.18 Å². The monoisotopic (exact) mass is 370 g/mol. The Morgan fingerprint density at radius 1 is 1.30 bits per heavy atom. The van der Waals surface area contributed by atoms with Gasteiger partial charge in [-0.15, -0.1) is 0 Å². The average molecular weight is 370 g/mol. The molecule has 3 aliphatic heterocycles. The second kappa shape index (κ2) is 6.34. The fraction of sp³-hybridized carbons (Fsp3) is 0.500. The first-order valence-electron chi connectivity index (χ1n) is 9.63. The molecular formula is C20H23FN4O2. The average Bonchev–Trinajstić information content (AvgIpc) is 3.32. The smallest absolute Gasteiger partial charge is 0.323 e. The van der Waals surface area contributed by atoms with Crippen molar-refractivity contribution in [2.45, 2.75) is 25.8 Å². The van der Waals surface area contributed by atoms with Gasteiger partial charge in [-0.3, -0.25) is 5.32 Å². The van der Waals surface area contributed by atoms with Crippen molar-refractivity contribution < 1.29 is 13.7 Å². The minimum Gasteiger partial charge on any atom is -0.354 e. The van der Waals surface area contributed by atoms with Gasteiger partial charge in [0.25, 0.3) is 0 Å². The highest BCUT2D eigenvalue weighted by Crippen LogP contribution is 2.45. The first-order valence-corrected chi connectivity index (χ1v) is 9.63. The molecule has 2 bridgehead atoms. The lowest BCUT2D eigenvalue weighted by Gasteiger charge is -2.51. The second-order valence-corrected chi connectivity index (χ2v) is 7.94. The topological polar surface area (TPSA) is 70.4 Å². The van der Waals surface area contributed by atoms with Crippen molar-refractivity contribution in [1.82, 2.24) is 15.4 Å². The van der Waals surface area contributed by atoms with Crippen molar-refractivity contribution in [3.63, 3.8) is 0 Å². The lowest BCUT2D eigenvalue weighted by molar-refractivity contribution is 0.00418. The Hall–Kier alpha value is -2.41. The molecule has 4 unspecified atom stereocenters. The molecule has 2 N–H and O–H groups in total. The molecular weight excluding hydrogens is 347 g/mol. The summed E-state index contributed by atoms with van der Waals surface area (Å²) >= 11 is 0. The number of carbonyl (C=O) groups excluding carboxylic acids is 1. The Kier molecular flexibility index (Phi) is 3.93. The molecule has 0 radical (unpaired) electrons. The van der Waals surface area contributed by atoms with Crippen LogP contribution in [0.3, 0.4) is 0 Å². The number of nitrogens with one attached hydrogen (secondary N) is 2. The summed E-state index contributed by atoms with van der Waals surface area (Å²) in [5, 5.41) is 10.4. The van der Waals surface area contributed by atoms with Crippen molar-refractivity contribution >= 4 is 11.8 Å². The van der Waals surface area contributed by atoms with Crippen molar-refractivity contribution in [3.8, 4) is 11.3 Å². The van der Waals surface area contributed by atoms with Gasteiger partial charge < -0.3 is 14.7 Å². The van der Waals surface area contributed by atoms with Crippen LogP contribution < -0.4 is 10.6 Å². The van der Waals surface area contributed by atoms with Gasteiger partial charge in [0.1, 0.15) is 5.82 Å². The van der Waals surface area contributed by atoms with Gasteiger partial charge in [-0.25, -0.2) is 9.18 Å². The number of amides is 2. The highest BCUT2D eigenvalue weighted by atomic mass is 19.1. The zero-order valence-corrected chi connectivity index (χ0v) is 15.2. The molecule has 1 aromatic carbocycles. The quantitative estimate of drug-likeness (QED) is 0.851. The molecule has 6 rings (SSSR count).